The van der Waals surface area contributed by atoms with E-state index in [1.54, 1.807) is 0 Å². The first-order chi connectivity index (χ1) is 24.8. The van der Waals surface area contributed by atoms with Crippen LogP contribution in [0.5, 0.6) is 5.75 Å². The van der Waals surface area contributed by atoms with E-state index in [2.05, 4.69) is 170 Å². The van der Waals surface area contributed by atoms with Gasteiger partial charge in [-0.3, -0.25) is 0 Å². The molecule has 2 nitrogen and oxygen atoms in total. The lowest BCUT2D eigenvalue weighted by Gasteiger charge is -2.18. The minimum absolute atomic E-state index is 0.0216. The number of hydrogen-bond donors (Lipinski definition) is 0. The molecule has 2 unspecified atom stereocenters. The Balaban J connectivity index is 1.12. The van der Waals surface area contributed by atoms with Crippen LogP contribution < -0.4 is 4.74 Å². The molecule has 2 atom stereocenters. The van der Waals surface area contributed by atoms with Gasteiger partial charge in [-0.05, 0) is 96.0 Å². The Hall–Kier alpha value is -6.38. The highest BCUT2D eigenvalue weighted by Gasteiger charge is 2.34. The van der Waals surface area contributed by atoms with E-state index in [9.17, 15) is 0 Å². The normalized spacial score (nSPS) is 16.4. The lowest BCUT2D eigenvalue weighted by atomic mass is 9.85. The second-order valence-corrected chi connectivity index (χ2v) is 13.5. The third-order valence-corrected chi connectivity index (χ3v) is 10.8. The van der Waals surface area contributed by atoms with Gasteiger partial charge in [0.1, 0.15) is 11.7 Å². The maximum absolute atomic E-state index is 6.55. The second kappa shape index (κ2) is 10.6. The van der Waals surface area contributed by atoms with Crippen molar-refractivity contribution in [1.29, 1.82) is 0 Å². The summed E-state index contributed by atoms with van der Waals surface area (Å²) in [7, 11) is 0. The number of rotatable bonds is 3. The molecule has 2 heterocycles. The molecule has 8 aromatic carbocycles. The third kappa shape index (κ3) is 3.96. The molecule has 0 fully saturated rings. The van der Waals surface area contributed by atoms with Gasteiger partial charge in [-0.25, -0.2) is 0 Å². The summed E-state index contributed by atoms with van der Waals surface area (Å²) in [4.78, 5) is 0. The summed E-state index contributed by atoms with van der Waals surface area (Å²) in [6, 6.07) is 53.1. The predicted octanol–water partition coefficient (Wildman–Crippen LogP) is 13.0. The van der Waals surface area contributed by atoms with E-state index in [4.69, 9.17) is 9.15 Å². The van der Waals surface area contributed by atoms with Crippen molar-refractivity contribution in [1.82, 2.24) is 0 Å². The number of fused-ring (bicyclic) bond motifs is 10. The Kier molecular flexibility index (Phi) is 5.82. The van der Waals surface area contributed by atoms with Gasteiger partial charge in [-0.1, -0.05) is 140 Å². The van der Waals surface area contributed by atoms with Crippen LogP contribution in [0, 0.1) is 0 Å². The first-order valence-corrected chi connectivity index (χ1v) is 17.3. The van der Waals surface area contributed by atoms with Gasteiger partial charge in [-0.2, -0.15) is 0 Å². The molecule has 0 bridgehead atoms. The minimum atomic E-state index is 0.0216. The summed E-state index contributed by atoms with van der Waals surface area (Å²) in [5.74, 6) is 1.10. The fourth-order valence-corrected chi connectivity index (χ4v) is 8.56. The number of furan rings is 1. The van der Waals surface area contributed by atoms with Gasteiger partial charge in [0.15, 0.2) is 11.3 Å². The van der Waals surface area contributed by atoms with Crippen LogP contribution in [-0.4, -0.2) is 6.10 Å². The summed E-state index contributed by atoms with van der Waals surface area (Å²) in [6.07, 6.45) is 8.56. The lowest BCUT2D eigenvalue weighted by molar-refractivity contribution is 0.269. The average Bonchev–Trinajstić information content (AvgIpc) is 3.75. The quantitative estimate of drug-likeness (QED) is 0.180. The van der Waals surface area contributed by atoms with Crippen molar-refractivity contribution in [2.75, 3.05) is 0 Å². The third-order valence-electron chi connectivity index (χ3n) is 10.8. The summed E-state index contributed by atoms with van der Waals surface area (Å²) >= 11 is 0. The number of hydrogen-bond acceptors (Lipinski definition) is 2. The predicted molar refractivity (Wildman–Crippen MR) is 208 cm³/mol. The van der Waals surface area contributed by atoms with Crippen molar-refractivity contribution in [3.05, 3.63) is 175 Å². The van der Waals surface area contributed by atoms with Crippen LogP contribution in [0.3, 0.4) is 0 Å². The maximum atomic E-state index is 6.55. The molecule has 0 N–H and O–H groups in total. The Morgan fingerprint density at radius 1 is 0.440 bits per heavy atom. The van der Waals surface area contributed by atoms with Gasteiger partial charge in [0.2, 0.25) is 0 Å². The van der Waals surface area contributed by atoms with E-state index in [0.717, 1.165) is 27.7 Å². The Morgan fingerprint density at radius 2 is 1.08 bits per heavy atom. The van der Waals surface area contributed by atoms with Crippen LogP contribution >= 0.6 is 0 Å². The monoisotopic (exact) mass is 638 g/mol. The largest absolute Gasteiger partial charge is 0.481 e. The topological polar surface area (TPSA) is 22.4 Å². The van der Waals surface area contributed by atoms with Gasteiger partial charge < -0.3 is 9.15 Å². The van der Waals surface area contributed by atoms with Crippen LogP contribution in [0.1, 0.15) is 11.5 Å². The zero-order valence-electron chi connectivity index (χ0n) is 27.1. The van der Waals surface area contributed by atoms with E-state index in [1.165, 1.54) is 71.3 Å². The van der Waals surface area contributed by atoms with Gasteiger partial charge in [0.25, 0.3) is 0 Å². The van der Waals surface area contributed by atoms with Crippen molar-refractivity contribution in [2.24, 2.45) is 0 Å². The molecule has 2 heteroatoms. The lowest BCUT2D eigenvalue weighted by Crippen LogP contribution is -2.15. The van der Waals surface area contributed by atoms with Crippen LogP contribution in [0.15, 0.2) is 174 Å². The highest BCUT2D eigenvalue weighted by atomic mass is 16.5. The number of benzene rings is 8. The fourth-order valence-electron chi connectivity index (χ4n) is 8.56. The summed E-state index contributed by atoms with van der Waals surface area (Å²) in [5, 5.41) is 9.65. The van der Waals surface area contributed by atoms with E-state index >= 15 is 0 Å². The zero-order valence-corrected chi connectivity index (χ0v) is 27.1. The Morgan fingerprint density at radius 3 is 1.86 bits per heavy atom. The maximum Gasteiger partial charge on any atom is 0.177 e. The van der Waals surface area contributed by atoms with Crippen LogP contribution in [-0.2, 0) is 0 Å². The molecular formula is C48H30O2. The molecule has 0 saturated carbocycles. The SMILES string of the molecule is C1=CC2Oc3c(ccc4c3oc3ccc(-c5c6ccccc6c(-c6cccc(-c7cccc8ccccc78)c6)c6ccccc56)cc34)C2C=C1. The van der Waals surface area contributed by atoms with Crippen LogP contribution in [0.4, 0.5) is 0 Å². The minimum Gasteiger partial charge on any atom is -0.481 e. The molecule has 50 heavy (non-hydrogen) atoms. The highest BCUT2D eigenvalue weighted by molar-refractivity contribution is 6.22. The molecule has 1 aromatic heterocycles. The molecule has 0 amide bonds. The van der Waals surface area contributed by atoms with Crippen molar-refractivity contribution >= 4 is 54.3 Å². The molecular weight excluding hydrogens is 609 g/mol. The first-order valence-electron chi connectivity index (χ1n) is 17.3. The highest BCUT2D eigenvalue weighted by Crippen LogP contribution is 2.49. The van der Waals surface area contributed by atoms with Crippen LogP contribution in [0.25, 0.3) is 87.6 Å². The Labute approximate surface area is 289 Å². The average molecular weight is 639 g/mol. The van der Waals surface area contributed by atoms with E-state index < -0.39 is 0 Å². The van der Waals surface area contributed by atoms with Crippen LogP contribution in [0.2, 0.25) is 0 Å². The first kappa shape index (κ1) is 27.6. The van der Waals surface area contributed by atoms with E-state index in [1.807, 2.05) is 0 Å². The fraction of sp³-hybridized carbons (Fsp3) is 0.0417. The van der Waals surface area contributed by atoms with Gasteiger partial charge in [0, 0.05) is 22.3 Å². The second-order valence-electron chi connectivity index (χ2n) is 13.5. The smallest absolute Gasteiger partial charge is 0.177 e. The van der Waals surface area contributed by atoms with Gasteiger partial charge >= 0.3 is 0 Å². The van der Waals surface area contributed by atoms with E-state index in [-0.39, 0.29) is 12.0 Å². The summed E-state index contributed by atoms with van der Waals surface area (Å²) < 4.78 is 13.0. The molecule has 11 rings (SSSR count). The van der Waals surface area contributed by atoms with Crippen molar-refractivity contribution in [3.63, 3.8) is 0 Å². The Bertz CT molecular complexity index is 2860. The molecule has 1 aliphatic heterocycles. The number of allylic oxidation sites excluding steroid dienone is 2. The standard InChI is InChI=1S/C48H30O2/c1-2-15-33-29(11-1)12-10-21-34(33)30-13-9-14-31(27-30)45-36-17-3-5-19-38(36)46(39-20-6-4-18-37(39)45)32-23-26-44-42(28-32)41-25-24-40-35-16-7-8-22-43(35)49-47(40)48(41)50-44/h1-28,35,43H. The molecule has 1 aliphatic carbocycles. The molecule has 0 radical (unpaired) electrons. The van der Waals surface area contributed by atoms with E-state index in [0.29, 0.717) is 0 Å². The van der Waals surface area contributed by atoms with Crippen molar-refractivity contribution in [3.8, 4) is 39.1 Å². The van der Waals surface area contributed by atoms with Crippen molar-refractivity contribution in [2.45, 2.75) is 12.0 Å². The molecule has 234 valence electrons. The van der Waals surface area contributed by atoms with Gasteiger partial charge in [0.05, 0.1) is 0 Å². The molecule has 9 aromatic rings. The molecule has 2 aliphatic rings. The molecule has 0 spiro atoms. The number of ether oxygens (including phenoxy) is 1. The summed E-state index contributed by atoms with van der Waals surface area (Å²) in [6.45, 7) is 0. The van der Waals surface area contributed by atoms with Gasteiger partial charge in [-0.15, -0.1) is 0 Å². The zero-order chi connectivity index (χ0) is 32.8. The van der Waals surface area contributed by atoms with Crippen molar-refractivity contribution < 1.29 is 9.15 Å². The molecule has 0 saturated heterocycles. The summed E-state index contributed by atoms with van der Waals surface area (Å²) in [5.41, 5.74) is 10.2.